The fourth-order valence-corrected chi connectivity index (χ4v) is 10.5. The molecule has 0 unspecified atom stereocenters. The summed E-state index contributed by atoms with van der Waals surface area (Å²) in [7, 11) is 0. The summed E-state index contributed by atoms with van der Waals surface area (Å²) in [5.41, 5.74) is 6.60. The first-order valence-corrected chi connectivity index (χ1v) is 17.4. The van der Waals surface area contributed by atoms with Crippen LogP contribution in [-0.4, -0.2) is 10.9 Å². The predicted molar refractivity (Wildman–Crippen MR) is 178 cm³/mol. The number of benzene rings is 2. The first-order valence-electron chi connectivity index (χ1n) is 17.4. The van der Waals surface area contributed by atoms with Crippen molar-refractivity contribution in [2.75, 3.05) is 0 Å². The number of phenols is 1. The molecule has 0 bridgehead atoms. The van der Waals surface area contributed by atoms with Crippen molar-refractivity contribution in [2.24, 2.45) is 22.7 Å². The third kappa shape index (κ3) is 4.84. The summed E-state index contributed by atoms with van der Waals surface area (Å²) in [5.74, 6) is 2.52. The zero-order chi connectivity index (χ0) is 32.0. The molecular weight excluding hydrogens is 544 g/mol. The summed E-state index contributed by atoms with van der Waals surface area (Å²) in [4.78, 5) is 26.8. The maximum atomic E-state index is 13.6. The maximum Gasteiger partial charge on any atom is 0.169 e. The standard InChI is InChI=1S/C40H56O4/c1-23(2)25-17-28-29(19-31(25)41)39(9)15-12-14-38(7,8)36(39)22-34(28)44-43-33-20-30-27(18-26(33)24(3)4)32(42)21-35-37(5,6)13-11-16-40(30,35)10/h17-20,23-24,34-36,41H,11-16,21-22H2,1-10H3/t34-,35-,36-,39+,40+/m0/s1. The molecule has 0 saturated heterocycles. The van der Waals surface area contributed by atoms with Crippen molar-refractivity contribution < 1.29 is 19.7 Å². The Morgan fingerprint density at radius 1 is 0.750 bits per heavy atom. The zero-order valence-electron chi connectivity index (χ0n) is 29.0. The van der Waals surface area contributed by atoms with Gasteiger partial charge in [0, 0.05) is 17.5 Å². The molecule has 2 aromatic rings. The Hall–Kier alpha value is -2.33. The van der Waals surface area contributed by atoms with Gasteiger partial charge in [-0.3, -0.25) is 4.79 Å². The van der Waals surface area contributed by atoms with Gasteiger partial charge in [-0.25, -0.2) is 0 Å². The molecule has 44 heavy (non-hydrogen) atoms. The number of carbonyl (C=O) groups is 1. The van der Waals surface area contributed by atoms with E-state index >= 15 is 0 Å². The van der Waals surface area contributed by atoms with Crippen LogP contribution < -0.4 is 4.89 Å². The molecular formula is C40H56O4. The Morgan fingerprint density at radius 3 is 1.95 bits per heavy atom. The summed E-state index contributed by atoms with van der Waals surface area (Å²) in [6, 6.07) is 8.53. The fourth-order valence-electron chi connectivity index (χ4n) is 10.5. The van der Waals surface area contributed by atoms with E-state index < -0.39 is 0 Å². The minimum atomic E-state index is -0.242. The number of Topliss-reactive ketones (excluding diaryl/α,β-unsaturated/α-hetero) is 1. The Kier molecular flexibility index (Phi) is 7.63. The van der Waals surface area contributed by atoms with Crippen LogP contribution in [0.1, 0.15) is 177 Å². The van der Waals surface area contributed by atoms with E-state index in [0.29, 0.717) is 24.0 Å². The summed E-state index contributed by atoms with van der Waals surface area (Å²) >= 11 is 0. The van der Waals surface area contributed by atoms with Crippen LogP contribution in [0.4, 0.5) is 0 Å². The predicted octanol–water partition coefficient (Wildman–Crippen LogP) is 10.8. The van der Waals surface area contributed by atoms with Crippen LogP contribution in [0, 0.1) is 22.7 Å². The second kappa shape index (κ2) is 10.6. The molecule has 0 radical (unpaired) electrons. The molecule has 1 N–H and O–H groups in total. The van der Waals surface area contributed by atoms with Crippen molar-refractivity contribution in [1.29, 1.82) is 0 Å². The van der Waals surface area contributed by atoms with E-state index in [0.717, 1.165) is 59.3 Å². The van der Waals surface area contributed by atoms with E-state index in [-0.39, 0.29) is 45.4 Å². The van der Waals surface area contributed by atoms with E-state index in [1.165, 1.54) is 24.8 Å². The van der Waals surface area contributed by atoms with Crippen LogP contribution in [0.2, 0.25) is 0 Å². The first kappa shape index (κ1) is 31.6. The molecule has 4 nitrogen and oxygen atoms in total. The van der Waals surface area contributed by atoms with Crippen molar-refractivity contribution in [3.05, 3.63) is 57.6 Å². The van der Waals surface area contributed by atoms with Gasteiger partial charge in [-0.2, -0.15) is 4.89 Å². The van der Waals surface area contributed by atoms with Gasteiger partial charge in [0.05, 0.1) is 0 Å². The second-order valence-corrected chi connectivity index (χ2v) is 17.4. The van der Waals surface area contributed by atoms with Gasteiger partial charge >= 0.3 is 0 Å². The van der Waals surface area contributed by atoms with E-state index in [1.54, 1.807) is 0 Å². The lowest BCUT2D eigenvalue weighted by molar-refractivity contribution is -0.260. The zero-order valence-corrected chi connectivity index (χ0v) is 29.0. The Bertz CT molecular complexity index is 1460. The van der Waals surface area contributed by atoms with Crippen LogP contribution in [0.5, 0.6) is 11.5 Å². The summed E-state index contributed by atoms with van der Waals surface area (Å²) in [5, 5.41) is 11.2. The van der Waals surface area contributed by atoms with Gasteiger partial charge in [0.15, 0.2) is 11.5 Å². The van der Waals surface area contributed by atoms with Gasteiger partial charge < -0.3 is 9.99 Å². The molecule has 240 valence electrons. The van der Waals surface area contributed by atoms with Crippen LogP contribution >= 0.6 is 0 Å². The summed E-state index contributed by atoms with van der Waals surface area (Å²) < 4.78 is 0. The Morgan fingerprint density at radius 2 is 1.34 bits per heavy atom. The Labute approximate surface area is 266 Å². The van der Waals surface area contributed by atoms with Gasteiger partial charge in [-0.15, -0.1) is 0 Å². The molecule has 4 aliphatic rings. The van der Waals surface area contributed by atoms with Gasteiger partial charge in [-0.1, -0.05) is 82.1 Å². The second-order valence-electron chi connectivity index (χ2n) is 17.4. The summed E-state index contributed by atoms with van der Waals surface area (Å²) in [6.07, 6.45) is 8.20. The van der Waals surface area contributed by atoms with Crippen molar-refractivity contribution in [3.8, 4) is 11.5 Å². The van der Waals surface area contributed by atoms with Gasteiger partial charge in [0.1, 0.15) is 11.9 Å². The third-order valence-corrected chi connectivity index (χ3v) is 13.0. The largest absolute Gasteiger partial charge is 0.508 e. The van der Waals surface area contributed by atoms with E-state index in [4.69, 9.17) is 9.78 Å². The molecule has 2 saturated carbocycles. The summed E-state index contributed by atoms with van der Waals surface area (Å²) in [6.45, 7) is 22.9. The van der Waals surface area contributed by atoms with Crippen LogP contribution in [0.25, 0.3) is 0 Å². The van der Waals surface area contributed by atoms with Crippen molar-refractivity contribution in [3.63, 3.8) is 0 Å². The fraction of sp³-hybridized carbons (Fsp3) is 0.675. The molecule has 0 spiro atoms. The first-order chi connectivity index (χ1) is 20.5. The number of hydrogen-bond acceptors (Lipinski definition) is 4. The number of aromatic hydroxyl groups is 1. The molecule has 0 aromatic heterocycles. The van der Waals surface area contributed by atoms with Crippen molar-refractivity contribution >= 4 is 5.78 Å². The topological polar surface area (TPSA) is 55.8 Å². The lowest BCUT2D eigenvalue weighted by Gasteiger charge is -2.55. The highest BCUT2D eigenvalue weighted by Gasteiger charge is 2.54. The van der Waals surface area contributed by atoms with Crippen LogP contribution in [0.3, 0.4) is 0 Å². The highest BCUT2D eigenvalue weighted by atomic mass is 17.2. The molecule has 2 aromatic carbocycles. The lowest BCUT2D eigenvalue weighted by atomic mass is 9.50. The van der Waals surface area contributed by atoms with E-state index in [2.05, 4.69) is 87.4 Å². The van der Waals surface area contributed by atoms with E-state index in [1.807, 2.05) is 6.07 Å². The van der Waals surface area contributed by atoms with Crippen molar-refractivity contribution in [1.82, 2.24) is 0 Å². The quantitative estimate of drug-likeness (QED) is 0.274. The van der Waals surface area contributed by atoms with Gasteiger partial charge in [0.2, 0.25) is 0 Å². The molecule has 4 aliphatic carbocycles. The minimum Gasteiger partial charge on any atom is -0.508 e. The number of rotatable bonds is 5. The molecule has 5 atom stereocenters. The molecule has 2 fully saturated rings. The average molecular weight is 601 g/mol. The molecule has 4 heteroatoms. The number of phenolic OH excluding ortho intramolecular Hbond substituents is 1. The number of carbonyl (C=O) groups excluding carboxylic acids is 1. The SMILES string of the molecule is CC(C)c1cc2c(cc1O)[C@@]1(C)CCCC(C)(C)[C@@H]1C[C@@H]2OOc1cc2c(cc1C(C)C)C(=O)C[C@H]1C(C)(C)CCC[C@]21C. The monoisotopic (exact) mass is 600 g/mol. The lowest BCUT2D eigenvalue weighted by Crippen LogP contribution is -2.49. The Balaban J connectivity index is 1.42. The smallest absolute Gasteiger partial charge is 0.169 e. The van der Waals surface area contributed by atoms with Crippen LogP contribution in [0.15, 0.2) is 24.3 Å². The molecule has 0 amide bonds. The van der Waals surface area contributed by atoms with Crippen molar-refractivity contribution in [2.45, 2.75) is 149 Å². The average Bonchev–Trinajstić information content (AvgIpc) is 2.92. The minimum absolute atomic E-state index is 0.0173. The maximum absolute atomic E-state index is 13.6. The van der Waals surface area contributed by atoms with Crippen LogP contribution in [-0.2, 0) is 15.7 Å². The number of hydrogen-bond donors (Lipinski definition) is 1. The normalized spacial score (nSPS) is 32.1. The highest BCUT2D eigenvalue weighted by molar-refractivity contribution is 6.00. The molecule has 6 rings (SSSR count). The van der Waals surface area contributed by atoms with Gasteiger partial charge in [-0.05, 0) is 124 Å². The number of ketones is 1. The highest BCUT2D eigenvalue weighted by Crippen LogP contribution is 2.61. The molecule has 0 aliphatic heterocycles. The number of fused-ring (bicyclic) bond motifs is 6. The molecule has 0 heterocycles. The third-order valence-electron chi connectivity index (χ3n) is 13.0. The van der Waals surface area contributed by atoms with Gasteiger partial charge in [0.25, 0.3) is 0 Å². The van der Waals surface area contributed by atoms with E-state index in [9.17, 15) is 9.90 Å².